The maximum Gasteiger partial charge on any atom is 0.145 e. The molecule has 0 unspecified atom stereocenters. The topological polar surface area (TPSA) is 21.1 Å². The van der Waals surface area contributed by atoms with Crippen molar-refractivity contribution < 1.29 is 0 Å². The van der Waals surface area contributed by atoms with Gasteiger partial charge in [-0.25, -0.2) is 4.98 Å². The molecule has 0 saturated heterocycles. The summed E-state index contributed by atoms with van der Waals surface area (Å²) in [7, 11) is 0. The van der Waals surface area contributed by atoms with Crippen molar-refractivity contribution in [1.29, 1.82) is 0 Å². The van der Waals surface area contributed by atoms with Crippen LogP contribution in [0.15, 0.2) is 237 Å². The van der Waals surface area contributed by atoms with Crippen molar-refractivity contribution in [3.63, 3.8) is 0 Å². The summed E-state index contributed by atoms with van der Waals surface area (Å²) in [6, 6.07) is 85.8. The van der Waals surface area contributed by atoms with E-state index in [2.05, 4.69) is 246 Å². The molecule has 0 amide bonds. The van der Waals surface area contributed by atoms with Crippen molar-refractivity contribution in [2.45, 2.75) is 0 Å². The average molecular weight is 814 g/mol. The number of nitrogens with zero attached hydrogens (tertiary/aromatic N) is 3. The van der Waals surface area contributed by atoms with Gasteiger partial charge in [0.05, 0.1) is 11.0 Å². The minimum atomic E-state index is 0.937. The molecule has 0 radical (unpaired) electrons. The molecule has 0 aliphatic heterocycles. The Hall–Kier alpha value is -8.53. The molecular weight excluding hydrogens is 775 g/mol. The number of rotatable bonds is 7. The van der Waals surface area contributed by atoms with Crippen LogP contribution in [0, 0.1) is 0 Å². The van der Waals surface area contributed by atoms with E-state index in [9.17, 15) is 0 Å². The monoisotopic (exact) mass is 813 g/mol. The highest BCUT2D eigenvalue weighted by Gasteiger charge is 2.18. The lowest BCUT2D eigenvalue weighted by Gasteiger charge is -2.25. The van der Waals surface area contributed by atoms with Crippen molar-refractivity contribution in [2.24, 2.45) is 0 Å². The molecule has 0 fully saturated rings. The van der Waals surface area contributed by atoms with Gasteiger partial charge in [0.2, 0.25) is 0 Å². The maximum atomic E-state index is 5.12. The molecule has 3 nitrogen and oxygen atoms in total. The summed E-state index contributed by atoms with van der Waals surface area (Å²) in [5, 5.41) is 12.6. The van der Waals surface area contributed by atoms with Crippen LogP contribution >= 0.6 is 0 Å². The predicted octanol–water partition coefficient (Wildman–Crippen LogP) is 16.7. The van der Waals surface area contributed by atoms with Gasteiger partial charge >= 0.3 is 0 Å². The molecule has 13 aromatic rings. The number of para-hydroxylation sites is 5. The Morgan fingerprint density at radius 2 is 0.812 bits per heavy atom. The first-order valence-corrected chi connectivity index (χ1v) is 21.9. The third-order valence-corrected chi connectivity index (χ3v) is 13.1. The first kappa shape index (κ1) is 36.2. The molecule has 0 N–H and O–H groups in total. The third kappa shape index (κ3) is 5.79. The van der Waals surface area contributed by atoms with Gasteiger partial charge in [-0.3, -0.25) is 4.57 Å². The molecule has 0 bridgehead atoms. The standard InChI is InChI=1S/C61H39N3/c1-4-12-47(13-5-1)63(48-14-6-2-7-15-48)50-31-37-53-46(39-50)25-24-44-38-45(30-34-52(44)53)54-33-27-42-28-35-55-51(32-26-41-29-36-56(54)60(42)59(41)55)40-20-22-43(23-21-40)61-62-57-18-10-11-19-58(57)64(61)49-16-8-3-9-17-49/h1-39H. The highest BCUT2D eigenvalue weighted by Crippen LogP contribution is 2.44. The van der Waals surface area contributed by atoms with Crippen molar-refractivity contribution >= 4 is 82.0 Å². The van der Waals surface area contributed by atoms with Gasteiger partial charge in [0.1, 0.15) is 5.82 Å². The van der Waals surface area contributed by atoms with Crippen LogP contribution in [-0.4, -0.2) is 9.55 Å². The molecule has 0 aliphatic carbocycles. The van der Waals surface area contributed by atoms with Crippen LogP contribution in [0.2, 0.25) is 0 Å². The Kier molecular flexibility index (Phi) is 8.22. The SMILES string of the molecule is c1ccc(N(c2ccccc2)c2ccc3c(ccc4cc(-c5ccc6ccc7c(-c8ccc(-c9nc%10ccccc%10n9-c9ccccc9)cc8)ccc8ccc5c6c87)ccc43)c2)cc1. The van der Waals surface area contributed by atoms with E-state index in [1.807, 2.05) is 0 Å². The molecule has 3 heteroatoms. The fourth-order valence-corrected chi connectivity index (χ4v) is 10.1. The molecule has 1 heterocycles. The van der Waals surface area contributed by atoms with E-state index >= 15 is 0 Å². The fourth-order valence-electron chi connectivity index (χ4n) is 10.1. The highest BCUT2D eigenvalue weighted by molar-refractivity contribution is 6.27. The summed E-state index contributed by atoms with van der Waals surface area (Å²) < 4.78 is 2.26. The van der Waals surface area contributed by atoms with Gasteiger partial charge in [-0.15, -0.1) is 0 Å². The van der Waals surface area contributed by atoms with Crippen LogP contribution in [0.25, 0.3) is 104 Å². The number of hydrogen-bond donors (Lipinski definition) is 0. The van der Waals surface area contributed by atoms with Crippen molar-refractivity contribution in [3.05, 3.63) is 237 Å². The van der Waals surface area contributed by atoms with E-state index in [0.29, 0.717) is 0 Å². The van der Waals surface area contributed by atoms with E-state index in [-0.39, 0.29) is 0 Å². The van der Waals surface area contributed by atoms with Gasteiger partial charge in [0.15, 0.2) is 0 Å². The van der Waals surface area contributed by atoms with Crippen LogP contribution in [0.5, 0.6) is 0 Å². The molecule has 0 saturated carbocycles. The van der Waals surface area contributed by atoms with Crippen LogP contribution in [0.1, 0.15) is 0 Å². The minimum absolute atomic E-state index is 0.937. The van der Waals surface area contributed by atoms with Gasteiger partial charge in [-0.05, 0) is 143 Å². The fraction of sp³-hybridized carbons (Fsp3) is 0. The third-order valence-electron chi connectivity index (χ3n) is 13.1. The summed E-state index contributed by atoms with van der Waals surface area (Å²) in [6.45, 7) is 0. The summed E-state index contributed by atoms with van der Waals surface area (Å²) >= 11 is 0. The zero-order valence-corrected chi connectivity index (χ0v) is 34.9. The Labute approximate surface area is 370 Å². The van der Waals surface area contributed by atoms with Gasteiger partial charge in [0, 0.05) is 28.3 Å². The zero-order valence-electron chi connectivity index (χ0n) is 34.9. The Balaban J connectivity index is 0.882. The smallest absolute Gasteiger partial charge is 0.145 e. The van der Waals surface area contributed by atoms with Gasteiger partial charge in [0.25, 0.3) is 0 Å². The zero-order chi connectivity index (χ0) is 42.1. The van der Waals surface area contributed by atoms with E-state index in [0.717, 1.165) is 45.2 Å². The summed E-state index contributed by atoms with van der Waals surface area (Å²) in [5.74, 6) is 0.937. The number of benzene rings is 12. The molecule has 298 valence electrons. The van der Waals surface area contributed by atoms with Crippen molar-refractivity contribution in [1.82, 2.24) is 9.55 Å². The molecule has 0 aliphatic rings. The number of anilines is 3. The first-order valence-electron chi connectivity index (χ1n) is 21.9. The van der Waals surface area contributed by atoms with E-state index in [1.165, 1.54) is 76.1 Å². The normalized spacial score (nSPS) is 11.8. The molecular formula is C61H39N3. The quantitative estimate of drug-likeness (QED) is 0.149. The second-order valence-electron chi connectivity index (χ2n) is 16.7. The van der Waals surface area contributed by atoms with E-state index in [1.54, 1.807) is 0 Å². The van der Waals surface area contributed by atoms with Gasteiger partial charge in [-0.1, -0.05) is 170 Å². The predicted molar refractivity (Wildman–Crippen MR) is 271 cm³/mol. The molecule has 13 rings (SSSR count). The summed E-state index contributed by atoms with van der Waals surface area (Å²) in [6.07, 6.45) is 0. The molecule has 0 atom stereocenters. The largest absolute Gasteiger partial charge is 0.310 e. The lowest BCUT2D eigenvalue weighted by molar-refractivity contribution is 1.10. The van der Waals surface area contributed by atoms with Crippen molar-refractivity contribution in [3.8, 4) is 39.3 Å². The molecule has 12 aromatic carbocycles. The maximum absolute atomic E-state index is 5.12. The van der Waals surface area contributed by atoms with E-state index in [4.69, 9.17) is 4.98 Å². The van der Waals surface area contributed by atoms with Gasteiger partial charge < -0.3 is 4.90 Å². The molecule has 0 spiro atoms. The average Bonchev–Trinajstić information content (AvgIpc) is 3.76. The minimum Gasteiger partial charge on any atom is -0.310 e. The van der Waals surface area contributed by atoms with Crippen LogP contribution in [-0.2, 0) is 0 Å². The number of aromatic nitrogens is 2. The lowest BCUT2D eigenvalue weighted by Crippen LogP contribution is -2.09. The number of hydrogen-bond acceptors (Lipinski definition) is 2. The summed E-state index contributed by atoms with van der Waals surface area (Å²) in [5.41, 5.74) is 12.5. The van der Waals surface area contributed by atoms with E-state index < -0.39 is 0 Å². The molecule has 1 aromatic heterocycles. The van der Waals surface area contributed by atoms with Crippen LogP contribution in [0.4, 0.5) is 17.1 Å². The highest BCUT2D eigenvalue weighted by atomic mass is 15.1. The van der Waals surface area contributed by atoms with Crippen molar-refractivity contribution in [2.75, 3.05) is 4.90 Å². The molecule has 64 heavy (non-hydrogen) atoms. The first-order chi connectivity index (χ1) is 31.7. The second kappa shape index (κ2) is 14.5. The van der Waals surface area contributed by atoms with Crippen LogP contribution < -0.4 is 4.90 Å². The van der Waals surface area contributed by atoms with Gasteiger partial charge in [-0.2, -0.15) is 0 Å². The van der Waals surface area contributed by atoms with Crippen LogP contribution in [0.3, 0.4) is 0 Å². The lowest BCUT2D eigenvalue weighted by atomic mass is 9.87. The Morgan fingerprint density at radius 3 is 1.47 bits per heavy atom. The second-order valence-corrected chi connectivity index (χ2v) is 16.7. The number of imidazole rings is 1. The Bertz CT molecular complexity index is 3830. The Morgan fingerprint density at radius 1 is 0.328 bits per heavy atom. The number of fused-ring (bicyclic) bond motifs is 4. The summed E-state index contributed by atoms with van der Waals surface area (Å²) in [4.78, 5) is 7.44.